The van der Waals surface area contributed by atoms with E-state index in [2.05, 4.69) is 22.3 Å². The first-order valence-electron chi connectivity index (χ1n) is 9.88. The lowest BCUT2D eigenvalue weighted by molar-refractivity contribution is -0.137. The molecule has 0 aliphatic carbocycles. The fourth-order valence-electron chi connectivity index (χ4n) is 2.53. The number of carboxylic acids is 1. The predicted octanol–water partition coefficient (Wildman–Crippen LogP) is 2.69. The molecule has 0 fully saturated rings. The van der Waals surface area contributed by atoms with Crippen molar-refractivity contribution in [3.05, 3.63) is 30.1 Å². The van der Waals surface area contributed by atoms with Crippen LogP contribution >= 0.6 is 0 Å². The number of nitrogens with zero attached hydrogens (tertiary/aromatic N) is 4. The van der Waals surface area contributed by atoms with Gasteiger partial charge in [0.2, 0.25) is 0 Å². The van der Waals surface area contributed by atoms with Gasteiger partial charge in [-0.05, 0) is 42.8 Å². The van der Waals surface area contributed by atoms with Crippen LogP contribution in [-0.4, -0.2) is 49.8 Å². The molecule has 0 saturated carbocycles. The van der Waals surface area contributed by atoms with Gasteiger partial charge < -0.3 is 14.6 Å². The zero-order valence-corrected chi connectivity index (χ0v) is 16.9. The number of ketones is 1. The highest BCUT2D eigenvalue weighted by molar-refractivity contribution is 5.82. The van der Waals surface area contributed by atoms with Crippen LogP contribution in [0.3, 0.4) is 0 Å². The third kappa shape index (κ3) is 8.28. The first kappa shape index (κ1) is 22.3. The predicted molar refractivity (Wildman–Crippen MR) is 105 cm³/mol. The van der Waals surface area contributed by atoms with Crippen LogP contribution < -0.4 is 9.47 Å². The maximum absolute atomic E-state index is 12.3. The van der Waals surface area contributed by atoms with Gasteiger partial charge >= 0.3 is 5.97 Å². The molecule has 1 heterocycles. The average Bonchev–Trinajstić information content (AvgIpc) is 3.14. The molecule has 1 aromatic carbocycles. The molecule has 2 aromatic rings. The van der Waals surface area contributed by atoms with Gasteiger partial charge in [-0.25, -0.2) is 0 Å². The summed E-state index contributed by atoms with van der Waals surface area (Å²) < 4.78 is 11.4. The van der Waals surface area contributed by atoms with Crippen molar-refractivity contribution in [3.63, 3.8) is 0 Å². The maximum Gasteiger partial charge on any atom is 0.303 e. The summed E-state index contributed by atoms with van der Waals surface area (Å²) in [6, 6.07) is 7.17. The molecule has 1 aromatic heterocycles. The molecule has 0 radical (unpaired) electrons. The van der Waals surface area contributed by atoms with Gasteiger partial charge in [0.25, 0.3) is 0 Å². The highest BCUT2D eigenvalue weighted by atomic mass is 16.5. The van der Waals surface area contributed by atoms with Crippen LogP contribution in [0.1, 0.15) is 51.8 Å². The van der Waals surface area contributed by atoms with Gasteiger partial charge in [0, 0.05) is 6.42 Å². The topological polar surface area (TPSA) is 116 Å². The lowest BCUT2D eigenvalue weighted by Gasteiger charge is -2.14. The van der Waals surface area contributed by atoms with Crippen LogP contribution in [0.4, 0.5) is 0 Å². The van der Waals surface area contributed by atoms with Gasteiger partial charge in [0.15, 0.2) is 17.7 Å². The number of unbranched alkanes of at least 4 members (excludes halogenated alkanes) is 3. The molecule has 2 rings (SSSR count). The minimum absolute atomic E-state index is 0.0857. The van der Waals surface area contributed by atoms with E-state index in [0.717, 1.165) is 17.0 Å². The molecule has 0 bridgehead atoms. The number of ether oxygens (including phenoxy) is 2. The van der Waals surface area contributed by atoms with E-state index in [4.69, 9.17) is 14.6 Å². The Morgan fingerprint density at radius 1 is 1.14 bits per heavy atom. The molecule has 0 aliphatic rings. The molecule has 9 heteroatoms. The van der Waals surface area contributed by atoms with Crippen molar-refractivity contribution >= 4 is 11.8 Å². The van der Waals surface area contributed by atoms with E-state index in [9.17, 15) is 9.59 Å². The monoisotopic (exact) mass is 404 g/mol. The summed E-state index contributed by atoms with van der Waals surface area (Å²) in [6.07, 6.45) is 4.01. The lowest BCUT2D eigenvalue weighted by atomic mass is 10.2. The van der Waals surface area contributed by atoms with E-state index in [1.165, 1.54) is 19.3 Å². The van der Waals surface area contributed by atoms with Gasteiger partial charge in [-0.1, -0.05) is 26.2 Å². The molecular formula is C20H28N4O5. The number of carboxylic acid groups (broad SMARTS) is 1. The Bertz CT molecular complexity index is 775. The summed E-state index contributed by atoms with van der Waals surface area (Å²) >= 11 is 0. The number of benzene rings is 1. The van der Waals surface area contributed by atoms with Gasteiger partial charge in [-0.3, -0.25) is 9.59 Å². The third-order valence-corrected chi connectivity index (χ3v) is 4.21. The third-order valence-electron chi connectivity index (χ3n) is 4.21. The van der Waals surface area contributed by atoms with Crippen LogP contribution in [0.25, 0.3) is 0 Å². The number of aromatic nitrogens is 4. The second-order valence-electron chi connectivity index (χ2n) is 6.74. The summed E-state index contributed by atoms with van der Waals surface area (Å²) in [6.45, 7) is 4.42. The number of tetrazole rings is 1. The fourth-order valence-corrected chi connectivity index (χ4v) is 2.53. The fraction of sp³-hybridized carbons (Fsp3) is 0.550. The Balaban J connectivity index is 1.76. The van der Waals surface area contributed by atoms with Crippen molar-refractivity contribution in [2.24, 2.45) is 0 Å². The van der Waals surface area contributed by atoms with Gasteiger partial charge in [-0.15, -0.1) is 10.2 Å². The molecule has 1 unspecified atom stereocenters. The second kappa shape index (κ2) is 11.8. The average molecular weight is 404 g/mol. The number of carbonyl (C=O) groups is 2. The molecule has 0 aliphatic heterocycles. The van der Waals surface area contributed by atoms with Gasteiger partial charge in [-0.2, -0.15) is 4.80 Å². The standard InChI is InChI=1S/C20H28N4O5/c1-3-4-5-6-13-28-16-7-9-17(10-8-16)29-15(2)18(25)14-24-22-19(21-23-24)11-12-20(26)27/h7-10,15H,3-6,11-14H2,1-2H3,(H,26,27). The minimum atomic E-state index is -0.938. The largest absolute Gasteiger partial charge is 0.494 e. The SMILES string of the molecule is CCCCCCOc1ccc(OC(C)C(=O)Cn2nnc(CCC(=O)O)n2)cc1. The summed E-state index contributed by atoms with van der Waals surface area (Å²) in [7, 11) is 0. The highest BCUT2D eigenvalue weighted by Crippen LogP contribution is 2.19. The number of rotatable bonds is 14. The molecule has 1 N–H and O–H groups in total. The zero-order valence-electron chi connectivity index (χ0n) is 16.9. The van der Waals surface area contributed by atoms with E-state index < -0.39 is 12.1 Å². The molecule has 0 amide bonds. The van der Waals surface area contributed by atoms with Crippen molar-refractivity contribution < 1.29 is 24.2 Å². The van der Waals surface area contributed by atoms with Crippen LogP contribution in [0.15, 0.2) is 24.3 Å². The molecule has 1 atom stereocenters. The maximum atomic E-state index is 12.3. The summed E-state index contributed by atoms with van der Waals surface area (Å²) in [4.78, 5) is 24.0. The van der Waals surface area contributed by atoms with Crippen molar-refractivity contribution in [2.75, 3.05) is 6.61 Å². The normalized spacial score (nSPS) is 11.8. The van der Waals surface area contributed by atoms with Crippen molar-refractivity contribution in [1.29, 1.82) is 0 Å². The summed E-state index contributed by atoms with van der Waals surface area (Å²) in [5, 5.41) is 20.2. The van der Waals surface area contributed by atoms with E-state index in [1.807, 2.05) is 12.1 Å². The van der Waals surface area contributed by atoms with Gasteiger partial charge in [0.1, 0.15) is 18.0 Å². The van der Waals surface area contributed by atoms with E-state index in [0.29, 0.717) is 18.2 Å². The quantitative estimate of drug-likeness (QED) is 0.478. The van der Waals surface area contributed by atoms with Crippen molar-refractivity contribution in [2.45, 2.75) is 65.0 Å². The van der Waals surface area contributed by atoms with Crippen LogP contribution in [0.5, 0.6) is 11.5 Å². The number of hydrogen-bond acceptors (Lipinski definition) is 7. The Hall–Kier alpha value is -2.97. The molecule has 9 nitrogen and oxygen atoms in total. The van der Waals surface area contributed by atoms with E-state index >= 15 is 0 Å². The second-order valence-corrected chi connectivity index (χ2v) is 6.74. The minimum Gasteiger partial charge on any atom is -0.494 e. The van der Waals surface area contributed by atoms with Crippen LogP contribution in [-0.2, 0) is 22.6 Å². The first-order valence-corrected chi connectivity index (χ1v) is 9.88. The van der Waals surface area contributed by atoms with Crippen LogP contribution in [0.2, 0.25) is 0 Å². The number of carbonyl (C=O) groups excluding carboxylic acids is 1. The van der Waals surface area contributed by atoms with Crippen molar-refractivity contribution in [3.8, 4) is 11.5 Å². The Morgan fingerprint density at radius 3 is 2.55 bits per heavy atom. The van der Waals surface area contributed by atoms with Crippen molar-refractivity contribution in [1.82, 2.24) is 20.2 Å². The Kier molecular flexibility index (Phi) is 9.07. The molecular weight excluding hydrogens is 376 g/mol. The molecule has 158 valence electrons. The number of Topliss-reactive ketones (excluding diaryl/α,β-unsaturated/α-hetero) is 1. The summed E-state index contributed by atoms with van der Waals surface area (Å²) in [5.74, 6) is 0.473. The highest BCUT2D eigenvalue weighted by Gasteiger charge is 2.17. The number of hydrogen-bond donors (Lipinski definition) is 1. The first-order chi connectivity index (χ1) is 14.0. The lowest BCUT2D eigenvalue weighted by Crippen LogP contribution is -2.28. The Morgan fingerprint density at radius 2 is 1.86 bits per heavy atom. The smallest absolute Gasteiger partial charge is 0.303 e. The summed E-state index contributed by atoms with van der Waals surface area (Å²) in [5.41, 5.74) is 0. The Labute approximate surface area is 170 Å². The van der Waals surface area contributed by atoms with E-state index in [1.54, 1.807) is 19.1 Å². The molecule has 0 saturated heterocycles. The zero-order chi connectivity index (χ0) is 21.1. The number of aryl methyl sites for hydroxylation is 1. The molecule has 0 spiro atoms. The number of aliphatic carboxylic acids is 1. The van der Waals surface area contributed by atoms with Gasteiger partial charge in [0.05, 0.1) is 13.0 Å². The van der Waals surface area contributed by atoms with Crippen LogP contribution in [0, 0.1) is 0 Å². The van der Waals surface area contributed by atoms with E-state index in [-0.39, 0.29) is 25.2 Å². The molecule has 29 heavy (non-hydrogen) atoms.